The Kier molecular flexibility index (Phi) is 3.86. The molecule has 0 amide bonds. The molecule has 0 aromatic carbocycles. The first kappa shape index (κ1) is 11.9. The molecule has 76 valence electrons. The minimum Gasteiger partial charge on any atom is -0.480 e. The van der Waals surface area contributed by atoms with Crippen molar-refractivity contribution < 1.29 is 24.3 Å². The van der Waals surface area contributed by atoms with Crippen LogP contribution in [0.3, 0.4) is 0 Å². The molecule has 0 rings (SSSR count). The summed E-state index contributed by atoms with van der Waals surface area (Å²) < 4.78 is 10.4. The molecule has 8 nitrogen and oxygen atoms in total. The maximum Gasteiger partial charge on any atom is 0.329 e. The molecule has 13 heavy (non-hydrogen) atoms. The molecular weight excluding hydrogens is 201 g/mol. The fourth-order valence-corrected chi connectivity index (χ4v) is 1.27. The van der Waals surface area contributed by atoms with Crippen molar-refractivity contribution in [3.05, 3.63) is 0 Å². The van der Waals surface area contributed by atoms with Crippen molar-refractivity contribution in [2.24, 2.45) is 16.5 Å². The van der Waals surface area contributed by atoms with Crippen LogP contribution in [-0.2, 0) is 9.36 Å². The number of aliphatic imine (C=N–C) groups is 1. The number of nitrogens with zero attached hydrogens (tertiary/aromatic N) is 1. The molecule has 0 aliphatic carbocycles. The molecule has 0 aromatic heterocycles. The molecule has 0 saturated carbocycles. The smallest absolute Gasteiger partial charge is 0.329 e. The SMILES string of the molecule is NC(N)=NC(CP(=O)(O)O)C(=O)O. The molecule has 9 heteroatoms. The second kappa shape index (κ2) is 4.22. The highest BCUT2D eigenvalue weighted by molar-refractivity contribution is 7.51. The van der Waals surface area contributed by atoms with E-state index in [-0.39, 0.29) is 0 Å². The van der Waals surface area contributed by atoms with Gasteiger partial charge >= 0.3 is 13.6 Å². The van der Waals surface area contributed by atoms with E-state index >= 15 is 0 Å². The quantitative estimate of drug-likeness (QED) is 0.202. The van der Waals surface area contributed by atoms with Gasteiger partial charge in [-0.15, -0.1) is 0 Å². The van der Waals surface area contributed by atoms with Gasteiger partial charge in [-0.3, -0.25) is 4.57 Å². The molecule has 0 spiro atoms. The van der Waals surface area contributed by atoms with Gasteiger partial charge in [-0.25, -0.2) is 9.79 Å². The van der Waals surface area contributed by atoms with Gasteiger partial charge in [0.2, 0.25) is 0 Å². The van der Waals surface area contributed by atoms with E-state index < -0.39 is 31.7 Å². The Labute approximate surface area is 73.4 Å². The highest BCUT2D eigenvalue weighted by Gasteiger charge is 2.26. The Hall–Kier alpha value is -1.11. The molecule has 0 heterocycles. The summed E-state index contributed by atoms with van der Waals surface area (Å²) in [6.45, 7) is 0. The van der Waals surface area contributed by atoms with Crippen molar-refractivity contribution in [3.8, 4) is 0 Å². The van der Waals surface area contributed by atoms with Crippen molar-refractivity contribution in [2.75, 3.05) is 6.16 Å². The lowest BCUT2D eigenvalue weighted by Crippen LogP contribution is -2.30. The molecule has 0 fully saturated rings. The van der Waals surface area contributed by atoms with E-state index in [1.165, 1.54) is 0 Å². The van der Waals surface area contributed by atoms with Gasteiger partial charge in [-0.05, 0) is 0 Å². The van der Waals surface area contributed by atoms with Gasteiger partial charge in [0.25, 0.3) is 0 Å². The van der Waals surface area contributed by atoms with Crippen molar-refractivity contribution in [2.45, 2.75) is 6.04 Å². The summed E-state index contributed by atoms with van der Waals surface area (Å²) in [5.41, 5.74) is 9.72. The predicted octanol–water partition coefficient (Wildman–Crippen LogP) is -2.11. The van der Waals surface area contributed by atoms with Gasteiger partial charge in [0.15, 0.2) is 12.0 Å². The third kappa shape index (κ3) is 6.09. The topological polar surface area (TPSA) is 159 Å². The molecule has 0 bridgehead atoms. The van der Waals surface area contributed by atoms with Crippen molar-refractivity contribution in [1.29, 1.82) is 0 Å². The largest absolute Gasteiger partial charge is 0.480 e. The van der Waals surface area contributed by atoms with Gasteiger partial charge in [0.05, 0.1) is 6.16 Å². The Morgan fingerprint density at radius 2 is 1.92 bits per heavy atom. The minimum atomic E-state index is -4.43. The van der Waals surface area contributed by atoms with Gasteiger partial charge in [-0.2, -0.15) is 0 Å². The van der Waals surface area contributed by atoms with Crippen molar-refractivity contribution in [1.82, 2.24) is 0 Å². The molecule has 1 unspecified atom stereocenters. The van der Waals surface area contributed by atoms with Crippen LogP contribution >= 0.6 is 7.60 Å². The fraction of sp³-hybridized carbons (Fsp3) is 0.500. The Bertz CT molecular complexity index is 267. The molecule has 0 radical (unpaired) electrons. The number of hydrogen-bond donors (Lipinski definition) is 5. The van der Waals surface area contributed by atoms with E-state index in [4.69, 9.17) is 26.4 Å². The number of guanidine groups is 1. The Morgan fingerprint density at radius 3 is 2.15 bits per heavy atom. The summed E-state index contributed by atoms with van der Waals surface area (Å²) >= 11 is 0. The maximum atomic E-state index is 10.4. The van der Waals surface area contributed by atoms with E-state index in [1.807, 2.05) is 0 Å². The van der Waals surface area contributed by atoms with E-state index in [0.29, 0.717) is 0 Å². The lowest BCUT2D eigenvalue weighted by atomic mass is 10.4. The number of carboxylic acid groups (broad SMARTS) is 1. The summed E-state index contributed by atoms with van der Waals surface area (Å²) in [6.07, 6.45) is -0.916. The first-order valence-electron chi connectivity index (χ1n) is 3.08. The van der Waals surface area contributed by atoms with Crippen LogP contribution < -0.4 is 11.5 Å². The fourth-order valence-electron chi connectivity index (χ4n) is 0.579. The van der Waals surface area contributed by atoms with Crippen LogP contribution in [0.2, 0.25) is 0 Å². The molecule has 0 aromatic rings. The Balaban J connectivity index is 4.56. The number of hydrogen-bond acceptors (Lipinski definition) is 3. The second-order valence-corrected chi connectivity index (χ2v) is 3.95. The highest BCUT2D eigenvalue weighted by Crippen LogP contribution is 2.35. The molecular formula is C4H10N3O5P. The summed E-state index contributed by atoms with van der Waals surface area (Å²) in [5, 5.41) is 8.42. The highest BCUT2D eigenvalue weighted by atomic mass is 31.2. The second-order valence-electron chi connectivity index (χ2n) is 2.26. The zero-order valence-electron chi connectivity index (χ0n) is 6.49. The van der Waals surface area contributed by atoms with E-state index in [1.54, 1.807) is 0 Å². The molecule has 1 atom stereocenters. The first-order chi connectivity index (χ1) is 5.72. The standard InChI is InChI=1S/C4H10N3O5P/c5-4(6)7-2(3(8)9)1-13(10,11)12/h2H,1H2,(H,8,9)(H4,5,6,7)(H2,10,11,12). The molecule has 7 N–H and O–H groups in total. The summed E-state index contributed by atoms with van der Waals surface area (Å²) in [4.78, 5) is 30.4. The predicted molar refractivity (Wildman–Crippen MR) is 44.1 cm³/mol. The summed E-state index contributed by atoms with van der Waals surface area (Å²) in [7, 11) is -4.43. The van der Waals surface area contributed by atoms with Gasteiger partial charge in [0.1, 0.15) is 0 Å². The minimum absolute atomic E-state index is 0.527. The average Bonchev–Trinajstić information content (AvgIpc) is 1.81. The average molecular weight is 211 g/mol. The zero-order valence-corrected chi connectivity index (χ0v) is 7.39. The van der Waals surface area contributed by atoms with Gasteiger partial charge < -0.3 is 26.4 Å². The summed E-state index contributed by atoms with van der Waals surface area (Å²) in [5.74, 6) is -2.02. The zero-order chi connectivity index (χ0) is 10.6. The van der Waals surface area contributed by atoms with Crippen LogP contribution in [0.4, 0.5) is 0 Å². The molecule has 0 saturated heterocycles. The number of nitrogens with two attached hydrogens (primary N) is 2. The van der Waals surface area contributed by atoms with Crippen LogP contribution in [0.5, 0.6) is 0 Å². The normalized spacial score (nSPS) is 13.4. The first-order valence-corrected chi connectivity index (χ1v) is 4.88. The van der Waals surface area contributed by atoms with E-state index in [0.717, 1.165) is 0 Å². The maximum absolute atomic E-state index is 10.4. The van der Waals surface area contributed by atoms with E-state index in [9.17, 15) is 9.36 Å². The number of carboxylic acids is 1. The van der Waals surface area contributed by atoms with Crippen LogP contribution in [0.1, 0.15) is 0 Å². The number of rotatable bonds is 4. The molecule has 0 aliphatic heterocycles. The number of carbonyl (C=O) groups is 1. The van der Waals surface area contributed by atoms with Crippen LogP contribution in [-0.4, -0.2) is 39.0 Å². The van der Waals surface area contributed by atoms with E-state index in [2.05, 4.69) is 4.99 Å². The monoisotopic (exact) mass is 211 g/mol. The lowest BCUT2D eigenvalue weighted by Gasteiger charge is -2.08. The molecule has 0 aliphatic rings. The lowest BCUT2D eigenvalue weighted by molar-refractivity contribution is -0.137. The Morgan fingerprint density at radius 1 is 1.46 bits per heavy atom. The third-order valence-corrected chi connectivity index (χ3v) is 1.82. The van der Waals surface area contributed by atoms with Crippen LogP contribution in [0, 0.1) is 0 Å². The van der Waals surface area contributed by atoms with Crippen LogP contribution in [0.15, 0.2) is 4.99 Å². The van der Waals surface area contributed by atoms with Gasteiger partial charge in [-0.1, -0.05) is 0 Å². The van der Waals surface area contributed by atoms with Crippen molar-refractivity contribution in [3.63, 3.8) is 0 Å². The third-order valence-electron chi connectivity index (χ3n) is 1.00. The van der Waals surface area contributed by atoms with Crippen LogP contribution in [0.25, 0.3) is 0 Å². The summed E-state index contributed by atoms with van der Waals surface area (Å²) in [6, 6.07) is -1.61. The van der Waals surface area contributed by atoms with Gasteiger partial charge in [0, 0.05) is 0 Å². The number of aliphatic carboxylic acids is 1. The van der Waals surface area contributed by atoms with Crippen molar-refractivity contribution >= 4 is 19.5 Å².